The van der Waals surface area contributed by atoms with Crippen molar-refractivity contribution in [3.05, 3.63) is 20.8 Å². The van der Waals surface area contributed by atoms with E-state index in [0.29, 0.717) is 24.7 Å². The molecule has 21 heavy (non-hydrogen) atoms. The molecule has 0 unspecified atom stereocenters. The molecule has 1 aromatic heterocycles. The number of hydrogen-bond donors (Lipinski definition) is 3. The van der Waals surface area contributed by atoms with Gasteiger partial charge in [0.2, 0.25) is 0 Å². The quantitative estimate of drug-likeness (QED) is 0.667. The molecule has 0 saturated heterocycles. The van der Waals surface area contributed by atoms with Crippen LogP contribution in [0.15, 0.2) is 9.59 Å². The molecule has 0 aliphatic heterocycles. The summed E-state index contributed by atoms with van der Waals surface area (Å²) in [6.45, 7) is 7.39. The third-order valence-corrected chi connectivity index (χ3v) is 3.47. The van der Waals surface area contributed by atoms with Gasteiger partial charge in [0.25, 0.3) is 5.56 Å². The summed E-state index contributed by atoms with van der Waals surface area (Å²) < 4.78 is 1.39. The Morgan fingerprint density at radius 3 is 2.57 bits per heavy atom. The van der Waals surface area contributed by atoms with E-state index in [9.17, 15) is 9.59 Å². The fourth-order valence-electron chi connectivity index (χ4n) is 2.03. The lowest BCUT2D eigenvalue weighted by Crippen LogP contribution is -2.45. The molecule has 0 bridgehead atoms. The molecule has 0 saturated carbocycles. The predicted molar refractivity (Wildman–Crippen MR) is 89.9 cm³/mol. The number of nitrogens with one attached hydrogen (secondary N) is 2. The van der Waals surface area contributed by atoms with Crippen LogP contribution in [0.4, 0.5) is 11.5 Å². The molecule has 0 aromatic carbocycles. The van der Waals surface area contributed by atoms with Crippen molar-refractivity contribution < 1.29 is 0 Å². The smallest absolute Gasteiger partial charge is 0.330 e. The molecule has 1 aromatic rings. The number of anilines is 2. The van der Waals surface area contributed by atoms with Crippen molar-refractivity contribution in [2.24, 2.45) is 0 Å². The average molecular weight is 313 g/mol. The first kappa shape index (κ1) is 17.2. The second-order valence-corrected chi connectivity index (χ2v) is 4.96. The summed E-state index contributed by atoms with van der Waals surface area (Å²) in [5.41, 5.74) is 5.26. The number of aromatic amines is 1. The van der Waals surface area contributed by atoms with E-state index in [1.807, 2.05) is 20.8 Å². The number of unbranched alkanes of at least 4 members (excludes halogenated alkanes) is 1. The van der Waals surface area contributed by atoms with Gasteiger partial charge in [-0.3, -0.25) is 14.3 Å². The fourth-order valence-corrected chi connectivity index (χ4v) is 2.39. The maximum Gasteiger partial charge on any atom is 0.330 e. The summed E-state index contributed by atoms with van der Waals surface area (Å²) in [5, 5.41) is 3.40. The molecular weight excluding hydrogens is 290 g/mol. The number of hydrogen-bond acceptors (Lipinski definition) is 4. The summed E-state index contributed by atoms with van der Waals surface area (Å²) >= 11 is 5.26. The highest BCUT2D eigenvalue weighted by Gasteiger charge is 2.20. The highest BCUT2D eigenvalue weighted by Crippen LogP contribution is 2.17. The largest absolute Gasteiger partial charge is 0.383 e. The molecule has 0 atom stereocenters. The molecule has 118 valence electrons. The number of rotatable bonds is 6. The van der Waals surface area contributed by atoms with Crippen LogP contribution in [-0.4, -0.2) is 27.8 Å². The van der Waals surface area contributed by atoms with E-state index in [2.05, 4.69) is 10.3 Å². The minimum atomic E-state index is -0.521. The Morgan fingerprint density at radius 2 is 2.05 bits per heavy atom. The number of aromatic nitrogens is 2. The standard InChI is InChI=1S/C13H23N5O2S/c1-4-7-8-18-10(14)9(11(19)16-12(18)20)17(6-3)13(21)15-5-2/h4-8,14H2,1-3H3,(H,15,21)(H,16,19,20). The van der Waals surface area contributed by atoms with E-state index in [0.717, 1.165) is 12.8 Å². The summed E-state index contributed by atoms with van der Waals surface area (Å²) in [6.07, 6.45) is 1.73. The second kappa shape index (κ2) is 7.82. The van der Waals surface area contributed by atoms with Crippen LogP contribution < -0.4 is 27.2 Å². The van der Waals surface area contributed by atoms with Gasteiger partial charge >= 0.3 is 5.69 Å². The number of nitrogens with zero attached hydrogens (tertiary/aromatic N) is 2. The summed E-state index contributed by atoms with van der Waals surface area (Å²) in [4.78, 5) is 27.9. The van der Waals surface area contributed by atoms with E-state index in [4.69, 9.17) is 18.0 Å². The third-order valence-electron chi connectivity index (χ3n) is 3.11. The van der Waals surface area contributed by atoms with Crippen LogP contribution in [0.1, 0.15) is 33.6 Å². The number of nitrogen functional groups attached to an aromatic ring is 1. The average Bonchev–Trinajstić information content (AvgIpc) is 2.43. The number of H-pyrrole nitrogens is 1. The van der Waals surface area contributed by atoms with Crippen molar-refractivity contribution in [2.75, 3.05) is 23.7 Å². The van der Waals surface area contributed by atoms with Gasteiger partial charge in [-0.2, -0.15) is 0 Å². The van der Waals surface area contributed by atoms with Gasteiger partial charge < -0.3 is 16.0 Å². The first-order valence-electron chi connectivity index (χ1n) is 7.15. The van der Waals surface area contributed by atoms with Crippen molar-refractivity contribution in [1.29, 1.82) is 0 Å². The van der Waals surface area contributed by atoms with Gasteiger partial charge in [0.1, 0.15) is 5.82 Å². The Morgan fingerprint density at radius 1 is 1.38 bits per heavy atom. The Kier molecular flexibility index (Phi) is 6.41. The summed E-state index contributed by atoms with van der Waals surface area (Å²) in [5.74, 6) is 0.152. The summed E-state index contributed by atoms with van der Waals surface area (Å²) in [7, 11) is 0. The lowest BCUT2D eigenvalue weighted by Gasteiger charge is -2.25. The van der Waals surface area contributed by atoms with Gasteiger partial charge in [-0.1, -0.05) is 13.3 Å². The molecule has 0 aliphatic rings. The van der Waals surface area contributed by atoms with Crippen LogP contribution >= 0.6 is 12.2 Å². The first-order chi connectivity index (χ1) is 9.97. The topological polar surface area (TPSA) is 96.2 Å². The Hall–Kier alpha value is -1.83. The highest BCUT2D eigenvalue weighted by molar-refractivity contribution is 7.80. The Labute approximate surface area is 129 Å². The molecule has 1 rings (SSSR count). The molecule has 0 radical (unpaired) electrons. The first-order valence-corrected chi connectivity index (χ1v) is 7.56. The second-order valence-electron chi connectivity index (χ2n) is 4.58. The molecule has 0 spiro atoms. The van der Waals surface area contributed by atoms with E-state index in [1.165, 1.54) is 4.57 Å². The SMILES string of the molecule is CCCCn1c(N)c(N(CC)C(=S)NCC)c(=O)[nH]c1=O. The van der Waals surface area contributed by atoms with E-state index in [1.54, 1.807) is 4.90 Å². The van der Waals surface area contributed by atoms with E-state index < -0.39 is 11.2 Å². The van der Waals surface area contributed by atoms with Gasteiger partial charge in [-0.25, -0.2) is 4.79 Å². The highest BCUT2D eigenvalue weighted by atomic mass is 32.1. The van der Waals surface area contributed by atoms with Gasteiger partial charge in [0, 0.05) is 19.6 Å². The molecule has 8 heteroatoms. The van der Waals surface area contributed by atoms with Gasteiger partial charge in [0.05, 0.1) is 0 Å². The Bertz CT molecular complexity index is 608. The maximum atomic E-state index is 12.1. The molecular formula is C13H23N5O2S. The zero-order valence-corrected chi connectivity index (χ0v) is 13.5. The predicted octanol–water partition coefficient (Wildman–Crippen LogP) is 0.640. The van der Waals surface area contributed by atoms with Crippen molar-refractivity contribution in [3.63, 3.8) is 0 Å². The normalized spacial score (nSPS) is 10.4. The third kappa shape index (κ3) is 3.84. The zero-order chi connectivity index (χ0) is 16.0. The lowest BCUT2D eigenvalue weighted by molar-refractivity contribution is 0.604. The molecule has 1 heterocycles. The van der Waals surface area contributed by atoms with Crippen LogP contribution in [0, 0.1) is 0 Å². The van der Waals surface area contributed by atoms with E-state index in [-0.39, 0.29) is 11.5 Å². The van der Waals surface area contributed by atoms with Crippen LogP contribution in [0.5, 0.6) is 0 Å². The Balaban J connectivity index is 3.37. The fraction of sp³-hybridized carbons (Fsp3) is 0.615. The van der Waals surface area contributed by atoms with Gasteiger partial charge in [0.15, 0.2) is 10.8 Å². The van der Waals surface area contributed by atoms with Crippen LogP contribution in [0.25, 0.3) is 0 Å². The van der Waals surface area contributed by atoms with Gasteiger partial charge in [-0.15, -0.1) is 0 Å². The van der Waals surface area contributed by atoms with Crippen molar-refractivity contribution in [2.45, 2.75) is 40.2 Å². The lowest BCUT2D eigenvalue weighted by atomic mass is 10.3. The summed E-state index contributed by atoms with van der Waals surface area (Å²) in [6, 6.07) is 0. The van der Waals surface area contributed by atoms with Crippen molar-refractivity contribution in [1.82, 2.24) is 14.9 Å². The zero-order valence-electron chi connectivity index (χ0n) is 12.7. The number of thiocarbonyl (C=S) groups is 1. The van der Waals surface area contributed by atoms with Crippen molar-refractivity contribution in [3.8, 4) is 0 Å². The molecule has 7 nitrogen and oxygen atoms in total. The molecule has 0 amide bonds. The van der Waals surface area contributed by atoms with E-state index >= 15 is 0 Å². The minimum absolute atomic E-state index is 0.152. The minimum Gasteiger partial charge on any atom is -0.383 e. The van der Waals surface area contributed by atoms with Gasteiger partial charge in [-0.05, 0) is 32.5 Å². The van der Waals surface area contributed by atoms with Crippen LogP contribution in [0.3, 0.4) is 0 Å². The molecule has 0 aliphatic carbocycles. The number of nitrogens with two attached hydrogens (primary N) is 1. The van der Waals surface area contributed by atoms with Crippen LogP contribution in [0.2, 0.25) is 0 Å². The van der Waals surface area contributed by atoms with Crippen LogP contribution in [-0.2, 0) is 6.54 Å². The monoisotopic (exact) mass is 313 g/mol. The van der Waals surface area contributed by atoms with Crippen molar-refractivity contribution >= 4 is 28.8 Å². The molecule has 0 fully saturated rings. The molecule has 4 N–H and O–H groups in total. The maximum absolute atomic E-state index is 12.1.